The number of hydrogen-bond acceptors (Lipinski definition) is 3. The molecule has 0 aliphatic rings. The molecule has 2 rings (SSSR count). The maximum absolute atomic E-state index is 6.17. The van der Waals surface area contributed by atoms with E-state index in [0.29, 0.717) is 5.92 Å². The lowest BCUT2D eigenvalue weighted by atomic mass is 10.1. The van der Waals surface area contributed by atoms with E-state index in [4.69, 9.17) is 5.73 Å². The van der Waals surface area contributed by atoms with E-state index in [1.54, 1.807) is 0 Å². The Morgan fingerprint density at radius 3 is 2.44 bits per heavy atom. The number of rotatable bonds is 4. The molecule has 0 bridgehead atoms. The van der Waals surface area contributed by atoms with Crippen LogP contribution in [0.1, 0.15) is 43.0 Å². The van der Waals surface area contributed by atoms with E-state index in [0.717, 1.165) is 18.1 Å². The van der Waals surface area contributed by atoms with Crippen molar-refractivity contribution in [1.82, 2.24) is 14.8 Å². The Labute approximate surface area is 108 Å². The zero-order chi connectivity index (χ0) is 13.1. The zero-order valence-corrected chi connectivity index (χ0v) is 11.2. The molecule has 18 heavy (non-hydrogen) atoms. The Kier molecular flexibility index (Phi) is 3.77. The van der Waals surface area contributed by atoms with Gasteiger partial charge in [0.2, 0.25) is 0 Å². The molecule has 1 atom stereocenters. The minimum absolute atomic E-state index is 0.147. The maximum atomic E-state index is 6.17. The van der Waals surface area contributed by atoms with Gasteiger partial charge in [0, 0.05) is 13.0 Å². The van der Waals surface area contributed by atoms with Gasteiger partial charge in [0.15, 0.2) is 5.82 Å². The molecule has 96 valence electrons. The summed E-state index contributed by atoms with van der Waals surface area (Å²) >= 11 is 0. The van der Waals surface area contributed by atoms with E-state index in [9.17, 15) is 0 Å². The molecule has 1 unspecified atom stereocenters. The highest BCUT2D eigenvalue weighted by Crippen LogP contribution is 2.16. The molecule has 0 spiro atoms. The number of hydrogen-bond donors (Lipinski definition) is 1. The van der Waals surface area contributed by atoms with Crippen molar-refractivity contribution in [2.45, 2.75) is 32.2 Å². The largest absolute Gasteiger partial charge is 0.321 e. The van der Waals surface area contributed by atoms with Crippen LogP contribution in [0.25, 0.3) is 0 Å². The Bertz CT molecular complexity index is 502. The molecule has 0 saturated heterocycles. The van der Waals surface area contributed by atoms with Gasteiger partial charge in [0.1, 0.15) is 5.82 Å². The Morgan fingerprint density at radius 2 is 1.89 bits per heavy atom. The van der Waals surface area contributed by atoms with Gasteiger partial charge in [-0.3, -0.25) is 4.68 Å². The minimum Gasteiger partial charge on any atom is -0.321 e. The molecule has 0 fully saturated rings. The van der Waals surface area contributed by atoms with Crippen LogP contribution in [0, 0.1) is 0 Å². The Balaban J connectivity index is 2.14. The monoisotopic (exact) mass is 244 g/mol. The zero-order valence-electron chi connectivity index (χ0n) is 11.2. The van der Waals surface area contributed by atoms with Crippen LogP contribution >= 0.6 is 0 Å². The van der Waals surface area contributed by atoms with E-state index in [-0.39, 0.29) is 6.04 Å². The van der Waals surface area contributed by atoms with Crippen molar-refractivity contribution >= 4 is 0 Å². The van der Waals surface area contributed by atoms with Gasteiger partial charge in [0.25, 0.3) is 0 Å². The number of nitrogens with zero attached hydrogens (tertiary/aromatic N) is 3. The van der Waals surface area contributed by atoms with Crippen molar-refractivity contribution in [2.24, 2.45) is 12.8 Å². The number of nitrogens with two attached hydrogens (primary N) is 1. The van der Waals surface area contributed by atoms with Gasteiger partial charge < -0.3 is 5.73 Å². The summed E-state index contributed by atoms with van der Waals surface area (Å²) in [4.78, 5) is 4.53. The van der Waals surface area contributed by atoms with Gasteiger partial charge in [-0.05, 0) is 12.0 Å². The third-order valence-electron chi connectivity index (χ3n) is 2.96. The van der Waals surface area contributed by atoms with Crippen LogP contribution in [-0.4, -0.2) is 14.8 Å². The van der Waals surface area contributed by atoms with Crippen molar-refractivity contribution in [3.8, 4) is 0 Å². The normalized spacial score (nSPS) is 12.9. The molecule has 2 N–H and O–H groups in total. The minimum atomic E-state index is -0.147. The summed E-state index contributed by atoms with van der Waals surface area (Å²) in [6, 6.07) is 10.1. The molecule has 4 nitrogen and oxygen atoms in total. The van der Waals surface area contributed by atoms with E-state index in [1.165, 1.54) is 5.56 Å². The second kappa shape index (κ2) is 5.31. The molecule has 4 heteroatoms. The topological polar surface area (TPSA) is 56.7 Å². The SMILES string of the molecule is CC(C)c1nc(C(N)Cc2ccccc2)nn1C. The summed E-state index contributed by atoms with van der Waals surface area (Å²) in [6.45, 7) is 4.22. The van der Waals surface area contributed by atoms with Crippen LogP contribution < -0.4 is 5.73 Å². The number of benzene rings is 1. The van der Waals surface area contributed by atoms with Crippen molar-refractivity contribution in [3.63, 3.8) is 0 Å². The average Bonchev–Trinajstić information content (AvgIpc) is 2.73. The maximum Gasteiger partial charge on any atom is 0.167 e. The Hall–Kier alpha value is -1.68. The Morgan fingerprint density at radius 1 is 1.22 bits per heavy atom. The predicted molar refractivity (Wildman–Crippen MR) is 72.2 cm³/mol. The first kappa shape index (κ1) is 12.8. The molecule has 0 radical (unpaired) electrons. The van der Waals surface area contributed by atoms with E-state index in [2.05, 4.69) is 36.1 Å². The summed E-state index contributed by atoms with van der Waals surface area (Å²) in [5.74, 6) is 2.07. The first-order valence-electron chi connectivity index (χ1n) is 6.28. The molecule has 1 aromatic carbocycles. The predicted octanol–water partition coefficient (Wildman–Crippen LogP) is 2.18. The highest BCUT2D eigenvalue weighted by molar-refractivity contribution is 5.17. The highest BCUT2D eigenvalue weighted by atomic mass is 15.3. The van der Waals surface area contributed by atoms with Crippen molar-refractivity contribution < 1.29 is 0 Å². The lowest BCUT2D eigenvalue weighted by Gasteiger charge is -2.07. The molecule has 1 aromatic heterocycles. The van der Waals surface area contributed by atoms with Crippen molar-refractivity contribution in [2.75, 3.05) is 0 Å². The molecule has 0 saturated carbocycles. The fourth-order valence-corrected chi connectivity index (χ4v) is 2.04. The average molecular weight is 244 g/mol. The van der Waals surface area contributed by atoms with Crippen LogP contribution in [0.2, 0.25) is 0 Å². The fraction of sp³-hybridized carbons (Fsp3) is 0.429. The van der Waals surface area contributed by atoms with E-state index in [1.807, 2.05) is 29.9 Å². The highest BCUT2D eigenvalue weighted by Gasteiger charge is 2.16. The smallest absolute Gasteiger partial charge is 0.167 e. The van der Waals surface area contributed by atoms with Gasteiger partial charge in [-0.1, -0.05) is 44.2 Å². The van der Waals surface area contributed by atoms with Crippen LogP contribution in [0.4, 0.5) is 0 Å². The van der Waals surface area contributed by atoms with Crippen molar-refractivity contribution in [1.29, 1.82) is 0 Å². The molecular formula is C14H20N4. The van der Waals surface area contributed by atoms with E-state index < -0.39 is 0 Å². The van der Waals surface area contributed by atoms with Gasteiger partial charge >= 0.3 is 0 Å². The first-order valence-corrected chi connectivity index (χ1v) is 6.28. The molecule has 1 heterocycles. The standard InChI is InChI=1S/C14H20N4/c1-10(2)14-16-13(17-18(14)3)12(15)9-11-7-5-4-6-8-11/h4-8,10,12H,9,15H2,1-3H3. The lowest BCUT2D eigenvalue weighted by molar-refractivity contribution is 0.632. The molecule has 2 aromatic rings. The fourth-order valence-electron chi connectivity index (χ4n) is 2.04. The third kappa shape index (κ3) is 2.76. The quantitative estimate of drug-likeness (QED) is 0.896. The second-order valence-electron chi connectivity index (χ2n) is 4.90. The summed E-state index contributed by atoms with van der Waals surface area (Å²) in [7, 11) is 1.92. The molecule has 0 amide bonds. The van der Waals surface area contributed by atoms with Crippen LogP contribution in [-0.2, 0) is 13.5 Å². The summed E-state index contributed by atoms with van der Waals surface area (Å²) in [5.41, 5.74) is 7.38. The van der Waals surface area contributed by atoms with Gasteiger partial charge in [-0.2, -0.15) is 5.10 Å². The lowest BCUT2D eigenvalue weighted by Crippen LogP contribution is -2.15. The number of aromatic nitrogens is 3. The molecule has 0 aliphatic carbocycles. The van der Waals surface area contributed by atoms with Gasteiger partial charge in [-0.25, -0.2) is 4.98 Å². The first-order chi connectivity index (χ1) is 8.58. The van der Waals surface area contributed by atoms with Gasteiger partial charge in [-0.15, -0.1) is 0 Å². The van der Waals surface area contributed by atoms with E-state index >= 15 is 0 Å². The van der Waals surface area contributed by atoms with Crippen LogP contribution in [0.3, 0.4) is 0 Å². The third-order valence-corrected chi connectivity index (χ3v) is 2.96. The van der Waals surface area contributed by atoms with Crippen LogP contribution in [0.15, 0.2) is 30.3 Å². The van der Waals surface area contributed by atoms with Crippen molar-refractivity contribution in [3.05, 3.63) is 47.5 Å². The second-order valence-corrected chi connectivity index (χ2v) is 4.90. The summed E-state index contributed by atoms with van der Waals surface area (Å²) in [6.07, 6.45) is 0.766. The molecule has 0 aliphatic heterocycles. The van der Waals surface area contributed by atoms with Gasteiger partial charge in [0.05, 0.1) is 6.04 Å². The summed E-state index contributed by atoms with van der Waals surface area (Å²) in [5, 5.41) is 4.41. The van der Waals surface area contributed by atoms with Crippen LogP contribution in [0.5, 0.6) is 0 Å². The number of aryl methyl sites for hydroxylation is 1. The molecular weight excluding hydrogens is 224 g/mol. The summed E-state index contributed by atoms with van der Waals surface area (Å²) < 4.78 is 1.82.